The summed E-state index contributed by atoms with van der Waals surface area (Å²) in [6.07, 6.45) is 11.6. The normalized spacial score (nSPS) is 27.4. The van der Waals surface area contributed by atoms with E-state index in [4.69, 9.17) is 5.10 Å². The van der Waals surface area contributed by atoms with Gasteiger partial charge < -0.3 is 5.32 Å². The smallest absolute Gasteiger partial charge is 0.0762 e. The van der Waals surface area contributed by atoms with Crippen molar-refractivity contribution in [1.29, 1.82) is 0 Å². The van der Waals surface area contributed by atoms with E-state index in [0.29, 0.717) is 12.1 Å². The van der Waals surface area contributed by atoms with Crippen molar-refractivity contribution in [2.24, 2.45) is 0 Å². The van der Waals surface area contributed by atoms with Gasteiger partial charge in [-0.25, -0.2) is 0 Å². The number of hydrogen-bond acceptors (Lipinski definition) is 3. The van der Waals surface area contributed by atoms with E-state index in [-0.39, 0.29) is 0 Å². The molecule has 20 heavy (non-hydrogen) atoms. The van der Waals surface area contributed by atoms with Crippen LogP contribution in [-0.2, 0) is 6.54 Å². The summed E-state index contributed by atoms with van der Waals surface area (Å²) in [7, 11) is 0. The van der Waals surface area contributed by atoms with Gasteiger partial charge in [0.25, 0.3) is 0 Å². The predicted octanol–water partition coefficient (Wildman–Crippen LogP) is 3.76. The summed E-state index contributed by atoms with van der Waals surface area (Å²) in [6, 6.07) is 3.56. The van der Waals surface area contributed by atoms with Gasteiger partial charge in [0.2, 0.25) is 0 Å². The first-order chi connectivity index (χ1) is 9.85. The lowest BCUT2D eigenvalue weighted by molar-refractivity contribution is 0.455. The maximum atomic E-state index is 4.76. The highest BCUT2D eigenvalue weighted by Gasteiger charge is 2.24. The Hall–Kier alpha value is -0.480. The Labute approximate surface area is 126 Å². The average Bonchev–Trinajstić information content (AvgIpc) is 3.18. The average molecular weight is 293 g/mol. The van der Waals surface area contributed by atoms with Crippen LogP contribution in [0.5, 0.6) is 0 Å². The zero-order chi connectivity index (χ0) is 13.8. The zero-order valence-corrected chi connectivity index (χ0v) is 13.4. The first-order valence-corrected chi connectivity index (χ1v) is 9.29. The Balaban J connectivity index is 1.44. The SMILES string of the molecule is CCSC1CCC(NCc2ccn(C3CCCC3)n2)C1. The maximum absolute atomic E-state index is 4.76. The molecule has 112 valence electrons. The number of hydrogen-bond donors (Lipinski definition) is 1. The van der Waals surface area contributed by atoms with E-state index in [9.17, 15) is 0 Å². The van der Waals surface area contributed by atoms with Crippen LogP contribution in [0.2, 0.25) is 0 Å². The topological polar surface area (TPSA) is 29.9 Å². The number of rotatable bonds is 6. The minimum Gasteiger partial charge on any atom is -0.308 e. The van der Waals surface area contributed by atoms with Crippen LogP contribution in [-0.4, -0.2) is 26.8 Å². The van der Waals surface area contributed by atoms with Gasteiger partial charge in [-0.2, -0.15) is 16.9 Å². The summed E-state index contributed by atoms with van der Waals surface area (Å²) in [4.78, 5) is 0. The molecule has 1 aromatic rings. The van der Waals surface area contributed by atoms with Crippen molar-refractivity contribution in [1.82, 2.24) is 15.1 Å². The second-order valence-electron chi connectivity index (χ2n) is 6.19. The van der Waals surface area contributed by atoms with Crippen LogP contribution in [0.25, 0.3) is 0 Å². The Morgan fingerprint density at radius 2 is 2.15 bits per heavy atom. The monoisotopic (exact) mass is 293 g/mol. The molecule has 0 amide bonds. The molecule has 0 bridgehead atoms. The van der Waals surface area contributed by atoms with Gasteiger partial charge in [0.1, 0.15) is 0 Å². The van der Waals surface area contributed by atoms with Crippen LogP contribution >= 0.6 is 11.8 Å². The van der Waals surface area contributed by atoms with Gasteiger partial charge in [0.15, 0.2) is 0 Å². The molecule has 1 N–H and O–H groups in total. The Bertz CT molecular complexity index is 412. The van der Waals surface area contributed by atoms with E-state index in [1.807, 2.05) is 0 Å². The molecule has 2 fully saturated rings. The Morgan fingerprint density at radius 3 is 2.95 bits per heavy atom. The minimum absolute atomic E-state index is 0.667. The standard InChI is InChI=1S/C16H27N3S/c1-2-20-16-8-7-13(11-16)17-12-14-9-10-19(18-14)15-5-3-4-6-15/h9-10,13,15-17H,2-8,11-12H2,1H3. The molecular weight excluding hydrogens is 266 g/mol. The largest absolute Gasteiger partial charge is 0.308 e. The molecule has 1 aromatic heterocycles. The highest BCUT2D eigenvalue weighted by Crippen LogP contribution is 2.30. The molecule has 4 heteroatoms. The van der Waals surface area contributed by atoms with Crippen molar-refractivity contribution in [2.45, 2.75) is 75.7 Å². The lowest BCUT2D eigenvalue weighted by Gasteiger charge is -2.12. The van der Waals surface area contributed by atoms with E-state index in [1.165, 1.54) is 56.4 Å². The second-order valence-corrected chi connectivity index (χ2v) is 7.77. The fourth-order valence-electron chi connectivity index (χ4n) is 3.61. The summed E-state index contributed by atoms with van der Waals surface area (Å²) in [5.41, 5.74) is 1.21. The molecule has 2 aliphatic rings. The summed E-state index contributed by atoms with van der Waals surface area (Å²) < 4.78 is 2.20. The fraction of sp³-hybridized carbons (Fsp3) is 0.812. The molecule has 2 unspecified atom stereocenters. The van der Waals surface area contributed by atoms with E-state index in [1.54, 1.807) is 0 Å². The summed E-state index contributed by atoms with van der Waals surface area (Å²) in [5.74, 6) is 1.25. The number of nitrogens with zero attached hydrogens (tertiary/aromatic N) is 2. The lowest BCUT2D eigenvalue weighted by atomic mass is 10.2. The van der Waals surface area contributed by atoms with Crippen LogP contribution < -0.4 is 5.32 Å². The van der Waals surface area contributed by atoms with E-state index in [0.717, 1.165) is 11.8 Å². The van der Waals surface area contributed by atoms with E-state index in [2.05, 4.69) is 40.9 Å². The number of nitrogens with one attached hydrogen (secondary N) is 1. The molecule has 1 heterocycles. The van der Waals surface area contributed by atoms with Gasteiger partial charge in [-0.1, -0.05) is 19.8 Å². The fourth-order valence-corrected chi connectivity index (χ4v) is 4.75. The van der Waals surface area contributed by atoms with Crippen molar-refractivity contribution >= 4 is 11.8 Å². The van der Waals surface area contributed by atoms with Gasteiger partial charge >= 0.3 is 0 Å². The van der Waals surface area contributed by atoms with Crippen molar-refractivity contribution in [3.8, 4) is 0 Å². The van der Waals surface area contributed by atoms with Crippen LogP contribution in [0.4, 0.5) is 0 Å². The molecule has 3 rings (SSSR count). The molecule has 2 atom stereocenters. The van der Waals surface area contributed by atoms with Crippen LogP contribution in [0.15, 0.2) is 12.3 Å². The maximum Gasteiger partial charge on any atom is 0.0762 e. The second kappa shape index (κ2) is 6.99. The molecule has 0 aliphatic heterocycles. The van der Waals surface area contributed by atoms with Crippen molar-refractivity contribution in [3.05, 3.63) is 18.0 Å². The van der Waals surface area contributed by atoms with E-state index >= 15 is 0 Å². The minimum atomic E-state index is 0.667. The van der Waals surface area contributed by atoms with E-state index < -0.39 is 0 Å². The third-order valence-corrected chi connectivity index (χ3v) is 5.95. The molecule has 3 nitrogen and oxygen atoms in total. The third-order valence-electron chi connectivity index (χ3n) is 4.72. The Morgan fingerprint density at radius 1 is 1.30 bits per heavy atom. The molecular formula is C16H27N3S. The summed E-state index contributed by atoms with van der Waals surface area (Å²) in [5, 5.41) is 9.34. The van der Waals surface area contributed by atoms with Crippen LogP contribution in [0, 0.1) is 0 Å². The van der Waals surface area contributed by atoms with Gasteiger partial charge in [-0.05, 0) is 43.9 Å². The Kier molecular flexibility index (Phi) is 5.05. The van der Waals surface area contributed by atoms with Gasteiger partial charge in [0, 0.05) is 24.0 Å². The van der Waals surface area contributed by atoms with Crippen molar-refractivity contribution in [2.75, 3.05) is 5.75 Å². The summed E-state index contributed by atoms with van der Waals surface area (Å²) in [6.45, 7) is 3.20. The molecule has 2 saturated carbocycles. The molecule has 0 radical (unpaired) electrons. The van der Waals surface area contributed by atoms with Gasteiger partial charge in [-0.15, -0.1) is 0 Å². The predicted molar refractivity (Wildman–Crippen MR) is 86.1 cm³/mol. The third kappa shape index (κ3) is 3.59. The van der Waals surface area contributed by atoms with Gasteiger partial charge in [0.05, 0.1) is 11.7 Å². The summed E-state index contributed by atoms with van der Waals surface area (Å²) >= 11 is 2.13. The highest BCUT2D eigenvalue weighted by molar-refractivity contribution is 7.99. The zero-order valence-electron chi connectivity index (χ0n) is 12.6. The molecule has 0 spiro atoms. The molecule has 0 saturated heterocycles. The van der Waals surface area contributed by atoms with Crippen LogP contribution in [0.1, 0.15) is 63.6 Å². The number of aromatic nitrogens is 2. The lowest BCUT2D eigenvalue weighted by Crippen LogP contribution is -2.26. The first kappa shape index (κ1) is 14.5. The first-order valence-electron chi connectivity index (χ1n) is 8.24. The van der Waals surface area contributed by atoms with Crippen molar-refractivity contribution < 1.29 is 0 Å². The van der Waals surface area contributed by atoms with Crippen molar-refractivity contribution in [3.63, 3.8) is 0 Å². The molecule has 2 aliphatic carbocycles. The molecule has 0 aromatic carbocycles. The van der Waals surface area contributed by atoms with Gasteiger partial charge in [-0.3, -0.25) is 4.68 Å². The van der Waals surface area contributed by atoms with Crippen LogP contribution in [0.3, 0.4) is 0 Å². The number of thioether (sulfide) groups is 1. The quantitative estimate of drug-likeness (QED) is 0.866. The highest BCUT2D eigenvalue weighted by atomic mass is 32.2.